The molecule has 2 aromatic rings. The van der Waals surface area contributed by atoms with Gasteiger partial charge in [0.15, 0.2) is 0 Å². The molecular formula is C13H12F3N3. The maximum Gasteiger partial charge on any atom is 0.416 e. The minimum absolute atomic E-state index is 0.488. The fraction of sp³-hybridized carbons (Fsp3) is 0.231. The number of hydrogen-bond acceptors (Lipinski definition) is 3. The molecule has 0 saturated heterocycles. The number of rotatable bonds is 4. The molecule has 0 bridgehead atoms. The van der Waals surface area contributed by atoms with Gasteiger partial charge in [0, 0.05) is 19.3 Å². The number of alkyl halides is 3. The van der Waals surface area contributed by atoms with E-state index in [4.69, 9.17) is 0 Å². The Morgan fingerprint density at radius 3 is 2.32 bits per heavy atom. The van der Waals surface area contributed by atoms with E-state index in [2.05, 4.69) is 15.3 Å². The van der Waals surface area contributed by atoms with E-state index in [0.29, 0.717) is 13.1 Å². The van der Waals surface area contributed by atoms with Crippen molar-refractivity contribution in [1.29, 1.82) is 0 Å². The zero-order valence-electron chi connectivity index (χ0n) is 9.98. The van der Waals surface area contributed by atoms with Gasteiger partial charge in [-0.15, -0.1) is 0 Å². The van der Waals surface area contributed by atoms with Gasteiger partial charge >= 0.3 is 6.18 Å². The molecule has 1 aromatic heterocycles. The molecule has 1 aromatic carbocycles. The summed E-state index contributed by atoms with van der Waals surface area (Å²) in [5, 5.41) is 3.10. The van der Waals surface area contributed by atoms with Crippen molar-refractivity contribution < 1.29 is 13.2 Å². The smallest absolute Gasteiger partial charge is 0.307 e. The molecule has 0 atom stereocenters. The summed E-state index contributed by atoms with van der Waals surface area (Å²) < 4.78 is 37.1. The summed E-state index contributed by atoms with van der Waals surface area (Å²) in [5.74, 6) is 0. The molecule has 2 rings (SSSR count). The Morgan fingerprint density at radius 2 is 1.74 bits per heavy atom. The van der Waals surface area contributed by atoms with E-state index in [0.717, 1.165) is 23.4 Å². The van der Waals surface area contributed by atoms with E-state index in [1.165, 1.54) is 18.5 Å². The molecule has 0 fully saturated rings. The lowest BCUT2D eigenvalue weighted by atomic mass is 10.1. The highest BCUT2D eigenvalue weighted by molar-refractivity contribution is 5.24. The third-order valence-electron chi connectivity index (χ3n) is 2.56. The number of halogens is 3. The van der Waals surface area contributed by atoms with Crippen LogP contribution in [0.15, 0.2) is 42.9 Å². The van der Waals surface area contributed by atoms with Crippen LogP contribution in [0.2, 0.25) is 0 Å². The molecule has 6 heteroatoms. The van der Waals surface area contributed by atoms with Gasteiger partial charge in [-0.2, -0.15) is 13.2 Å². The number of aromatic nitrogens is 2. The normalized spacial score (nSPS) is 11.5. The average molecular weight is 267 g/mol. The Morgan fingerprint density at radius 1 is 1.00 bits per heavy atom. The molecule has 1 N–H and O–H groups in total. The summed E-state index contributed by atoms with van der Waals surface area (Å²) in [6, 6.07) is 6.88. The predicted molar refractivity (Wildman–Crippen MR) is 64.0 cm³/mol. The highest BCUT2D eigenvalue weighted by Crippen LogP contribution is 2.28. The molecule has 0 radical (unpaired) electrons. The van der Waals surface area contributed by atoms with Crippen molar-refractivity contribution in [3.63, 3.8) is 0 Å². The lowest BCUT2D eigenvalue weighted by Crippen LogP contribution is -2.14. The van der Waals surface area contributed by atoms with Crippen LogP contribution in [0.1, 0.15) is 16.8 Å². The maximum absolute atomic E-state index is 12.4. The number of nitrogens with zero attached hydrogens (tertiary/aromatic N) is 2. The maximum atomic E-state index is 12.4. The molecule has 0 spiro atoms. The van der Waals surface area contributed by atoms with Gasteiger partial charge in [0.1, 0.15) is 6.33 Å². The van der Waals surface area contributed by atoms with E-state index in [9.17, 15) is 13.2 Å². The lowest BCUT2D eigenvalue weighted by molar-refractivity contribution is -0.137. The zero-order valence-corrected chi connectivity index (χ0v) is 9.98. The van der Waals surface area contributed by atoms with Gasteiger partial charge in [-0.05, 0) is 23.8 Å². The lowest BCUT2D eigenvalue weighted by Gasteiger charge is -2.08. The van der Waals surface area contributed by atoms with E-state index in [-0.39, 0.29) is 0 Å². The van der Waals surface area contributed by atoms with E-state index < -0.39 is 11.7 Å². The predicted octanol–water partition coefficient (Wildman–Crippen LogP) is 2.79. The standard InChI is InChI=1S/C13H12F3N3/c14-13(15,16)11-3-1-10(2-4-11)7-18-8-12-5-6-17-9-19-12/h1-6,9,18H,7-8H2. The van der Waals surface area contributed by atoms with Gasteiger partial charge in [-0.25, -0.2) is 9.97 Å². The van der Waals surface area contributed by atoms with Crippen LogP contribution >= 0.6 is 0 Å². The van der Waals surface area contributed by atoms with Crippen LogP contribution in [-0.2, 0) is 19.3 Å². The van der Waals surface area contributed by atoms with Crippen LogP contribution in [0.25, 0.3) is 0 Å². The highest BCUT2D eigenvalue weighted by Gasteiger charge is 2.29. The summed E-state index contributed by atoms with van der Waals surface area (Å²) in [4.78, 5) is 7.83. The summed E-state index contributed by atoms with van der Waals surface area (Å²) in [5.41, 5.74) is 0.996. The van der Waals surface area contributed by atoms with Crippen molar-refractivity contribution in [2.75, 3.05) is 0 Å². The first-order valence-corrected chi connectivity index (χ1v) is 5.67. The van der Waals surface area contributed by atoms with Crippen LogP contribution in [0.3, 0.4) is 0 Å². The molecule has 0 amide bonds. The molecule has 1 heterocycles. The van der Waals surface area contributed by atoms with E-state index in [1.54, 1.807) is 12.3 Å². The molecule has 0 aliphatic rings. The number of hydrogen-bond donors (Lipinski definition) is 1. The molecule has 100 valence electrons. The molecular weight excluding hydrogens is 255 g/mol. The van der Waals surface area contributed by atoms with Gasteiger partial charge in [0.2, 0.25) is 0 Å². The van der Waals surface area contributed by atoms with Crippen molar-refractivity contribution in [2.24, 2.45) is 0 Å². The zero-order chi connectivity index (χ0) is 13.7. The third kappa shape index (κ3) is 4.03. The van der Waals surface area contributed by atoms with Gasteiger partial charge in [0.05, 0.1) is 11.3 Å². The second-order valence-corrected chi connectivity index (χ2v) is 4.00. The molecule has 0 unspecified atom stereocenters. The summed E-state index contributed by atoms with van der Waals surface area (Å²) in [6.45, 7) is 1.03. The summed E-state index contributed by atoms with van der Waals surface area (Å²) >= 11 is 0. The minimum atomic E-state index is -4.28. The van der Waals surface area contributed by atoms with Crippen molar-refractivity contribution >= 4 is 0 Å². The summed E-state index contributed by atoms with van der Waals surface area (Å²) in [6.07, 6.45) is -1.19. The second kappa shape index (κ2) is 5.79. The van der Waals surface area contributed by atoms with E-state index in [1.807, 2.05) is 0 Å². The largest absolute Gasteiger partial charge is 0.416 e. The number of nitrogens with one attached hydrogen (secondary N) is 1. The molecule has 0 saturated carbocycles. The van der Waals surface area contributed by atoms with E-state index >= 15 is 0 Å². The van der Waals surface area contributed by atoms with Gasteiger partial charge in [0.25, 0.3) is 0 Å². The van der Waals surface area contributed by atoms with Crippen molar-refractivity contribution in [1.82, 2.24) is 15.3 Å². The average Bonchev–Trinajstić information content (AvgIpc) is 2.39. The monoisotopic (exact) mass is 267 g/mol. The Kier molecular flexibility index (Phi) is 4.11. The SMILES string of the molecule is FC(F)(F)c1ccc(CNCc2ccncn2)cc1. The topological polar surface area (TPSA) is 37.8 Å². The molecule has 19 heavy (non-hydrogen) atoms. The van der Waals surface area contributed by atoms with Crippen molar-refractivity contribution in [3.8, 4) is 0 Å². The molecule has 0 aliphatic carbocycles. The molecule has 0 aliphatic heterocycles. The van der Waals surface area contributed by atoms with Crippen molar-refractivity contribution in [2.45, 2.75) is 19.3 Å². The Bertz CT molecular complexity index is 509. The summed E-state index contributed by atoms with van der Waals surface area (Å²) in [7, 11) is 0. The number of benzene rings is 1. The quantitative estimate of drug-likeness (QED) is 0.925. The van der Waals surface area contributed by atoms with Gasteiger partial charge < -0.3 is 5.32 Å². The third-order valence-corrected chi connectivity index (χ3v) is 2.56. The van der Waals surface area contributed by atoms with Crippen LogP contribution in [0.5, 0.6) is 0 Å². The van der Waals surface area contributed by atoms with Crippen LogP contribution < -0.4 is 5.32 Å². The fourth-order valence-corrected chi connectivity index (χ4v) is 1.57. The Labute approximate surface area is 108 Å². The first-order valence-electron chi connectivity index (χ1n) is 5.67. The Hall–Kier alpha value is -1.95. The minimum Gasteiger partial charge on any atom is -0.307 e. The van der Waals surface area contributed by atoms with Crippen LogP contribution in [-0.4, -0.2) is 9.97 Å². The fourth-order valence-electron chi connectivity index (χ4n) is 1.57. The first kappa shape index (κ1) is 13.5. The van der Waals surface area contributed by atoms with Crippen molar-refractivity contribution in [3.05, 3.63) is 59.7 Å². The molecule has 3 nitrogen and oxygen atoms in total. The second-order valence-electron chi connectivity index (χ2n) is 4.00. The Balaban J connectivity index is 1.87. The highest BCUT2D eigenvalue weighted by atomic mass is 19.4. The van der Waals surface area contributed by atoms with Crippen LogP contribution in [0, 0.1) is 0 Å². The van der Waals surface area contributed by atoms with Crippen LogP contribution in [0.4, 0.5) is 13.2 Å². The first-order chi connectivity index (χ1) is 9.05. The van der Waals surface area contributed by atoms with Gasteiger partial charge in [-0.1, -0.05) is 12.1 Å². The van der Waals surface area contributed by atoms with Gasteiger partial charge in [-0.3, -0.25) is 0 Å².